The molecule has 0 spiro atoms. The number of nitrogens with zero attached hydrogens (tertiary/aromatic N) is 2. The fraction of sp³-hybridized carbons (Fsp3) is 0.273. The van der Waals surface area contributed by atoms with E-state index in [4.69, 9.17) is 4.74 Å². The Morgan fingerprint density at radius 2 is 1.60 bits per heavy atom. The number of carbonyl (C=O) groups is 2. The first-order chi connectivity index (χ1) is 14.2. The monoisotopic (exact) mass is 408 g/mol. The van der Waals surface area contributed by atoms with Crippen molar-refractivity contribution >= 4 is 28.7 Å². The molecule has 0 aliphatic carbocycles. The summed E-state index contributed by atoms with van der Waals surface area (Å²) >= 11 is 0. The molecule has 2 N–H and O–H groups in total. The van der Waals surface area contributed by atoms with Crippen LogP contribution in [0.15, 0.2) is 48.5 Å². The molecule has 0 atom stereocenters. The summed E-state index contributed by atoms with van der Waals surface area (Å²) < 4.78 is 10.5. The maximum atomic E-state index is 12.1. The minimum atomic E-state index is -0.517. The van der Waals surface area contributed by atoms with Gasteiger partial charge in [0.15, 0.2) is 5.82 Å². The van der Waals surface area contributed by atoms with E-state index in [1.165, 1.54) is 7.11 Å². The van der Waals surface area contributed by atoms with Gasteiger partial charge in [-0.3, -0.25) is 9.59 Å². The topological polar surface area (TPSA) is 102 Å². The van der Waals surface area contributed by atoms with E-state index in [0.717, 1.165) is 5.52 Å². The van der Waals surface area contributed by atoms with E-state index in [-0.39, 0.29) is 18.0 Å². The molecule has 1 heterocycles. The quantitative estimate of drug-likeness (QED) is 0.602. The predicted octanol–water partition coefficient (Wildman–Crippen LogP) is 3.54. The van der Waals surface area contributed by atoms with Crippen LogP contribution in [0.2, 0.25) is 0 Å². The van der Waals surface area contributed by atoms with Gasteiger partial charge in [-0.25, -0.2) is 9.97 Å². The van der Waals surface area contributed by atoms with Crippen LogP contribution in [-0.4, -0.2) is 41.0 Å². The minimum absolute atomic E-state index is 0.192. The molecule has 8 nitrogen and oxygen atoms in total. The number of hydrogen-bond acceptors (Lipinski definition) is 7. The number of hydrogen-bond donors (Lipinski definition) is 2. The van der Waals surface area contributed by atoms with Crippen LogP contribution in [0.4, 0.5) is 5.82 Å². The number of para-hydroxylation sites is 2. The van der Waals surface area contributed by atoms with Crippen LogP contribution in [-0.2, 0) is 9.53 Å². The van der Waals surface area contributed by atoms with Crippen molar-refractivity contribution in [2.45, 2.75) is 26.3 Å². The highest BCUT2D eigenvalue weighted by Gasteiger charge is 2.18. The largest absolute Gasteiger partial charge is 0.468 e. The Morgan fingerprint density at radius 1 is 0.967 bits per heavy atom. The molecule has 1 aromatic heterocycles. The Labute approximate surface area is 174 Å². The minimum Gasteiger partial charge on any atom is -0.468 e. The van der Waals surface area contributed by atoms with E-state index >= 15 is 0 Å². The molecular formula is C22H24N4O4. The predicted molar refractivity (Wildman–Crippen MR) is 114 cm³/mol. The number of benzene rings is 2. The van der Waals surface area contributed by atoms with Gasteiger partial charge in [-0.1, -0.05) is 12.1 Å². The molecule has 0 radical (unpaired) electrons. The summed E-state index contributed by atoms with van der Waals surface area (Å²) in [5.74, 6) is 0.471. The van der Waals surface area contributed by atoms with Crippen LogP contribution < -0.4 is 15.4 Å². The zero-order valence-electron chi connectivity index (χ0n) is 17.4. The van der Waals surface area contributed by atoms with Crippen molar-refractivity contribution in [3.05, 3.63) is 54.1 Å². The van der Waals surface area contributed by atoms with Crippen molar-refractivity contribution in [1.82, 2.24) is 15.3 Å². The number of methoxy groups -OCH3 is 1. The molecule has 156 valence electrons. The lowest BCUT2D eigenvalue weighted by molar-refractivity contribution is -0.139. The van der Waals surface area contributed by atoms with E-state index in [1.807, 2.05) is 45.0 Å². The summed E-state index contributed by atoms with van der Waals surface area (Å²) in [4.78, 5) is 32.5. The summed E-state index contributed by atoms with van der Waals surface area (Å²) in [6, 6.07) is 14.1. The molecular weight excluding hydrogens is 384 g/mol. The van der Waals surface area contributed by atoms with Crippen molar-refractivity contribution in [3.63, 3.8) is 0 Å². The van der Waals surface area contributed by atoms with Gasteiger partial charge in [-0.15, -0.1) is 0 Å². The summed E-state index contributed by atoms with van der Waals surface area (Å²) in [5.41, 5.74) is 1.63. The Balaban J connectivity index is 1.82. The van der Waals surface area contributed by atoms with E-state index in [0.29, 0.717) is 28.5 Å². The third-order valence-corrected chi connectivity index (χ3v) is 3.98. The van der Waals surface area contributed by atoms with Crippen molar-refractivity contribution in [3.8, 4) is 11.6 Å². The number of anilines is 1. The Morgan fingerprint density at radius 3 is 2.20 bits per heavy atom. The molecule has 0 aliphatic heterocycles. The number of aromatic nitrogens is 2. The van der Waals surface area contributed by atoms with Gasteiger partial charge in [0.2, 0.25) is 0 Å². The number of rotatable bonds is 6. The van der Waals surface area contributed by atoms with Gasteiger partial charge in [-0.2, -0.15) is 0 Å². The number of amides is 1. The standard InChI is InChI=1S/C22H24N4O4/c1-22(2,3)26-19-21(25-17-8-6-5-7-16(17)24-19)30-15-11-9-14(10-12-15)20(28)23-13-18(27)29-4/h5-12H,13H2,1-4H3,(H,23,28)(H,24,26). The van der Waals surface area contributed by atoms with E-state index in [1.54, 1.807) is 24.3 Å². The average molecular weight is 408 g/mol. The lowest BCUT2D eigenvalue weighted by Gasteiger charge is -2.22. The lowest BCUT2D eigenvalue weighted by atomic mass is 10.1. The van der Waals surface area contributed by atoms with Crippen molar-refractivity contribution in [2.75, 3.05) is 19.0 Å². The van der Waals surface area contributed by atoms with Gasteiger partial charge < -0.3 is 20.1 Å². The summed E-state index contributed by atoms with van der Waals surface area (Å²) in [5, 5.41) is 5.81. The van der Waals surface area contributed by atoms with Crippen molar-refractivity contribution in [2.24, 2.45) is 0 Å². The second kappa shape index (κ2) is 8.77. The van der Waals surface area contributed by atoms with E-state index in [9.17, 15) is 9.59 Å². The zero-order valence-corrected chi connectivity index (χ0v) is 17.4. The van der Waals surface area contributed by atoms with Gasteiger partial charge >= 0.3 is 5.97 Å². The smallest absolute Gasteiger partial charge is 0.325 e. The summed E-state index contributed by atoms with van der Waals surface area (Å²) in [7, 11) is 1.26. The molecule has 8 heteroatoms. The normalized spacial score (nSPS) is 11.1. The molecule has 2 aromatic carbocycles. The Bertz CT molecular complexity index is 1060. The van der Waals surface area contributed by atoms with Crippen LogP contribution >= 0.6 is 0 Å². The van der Waals surface area contributed by atoms with Crippen LogP contribution in [0.3, 0.4) is 0 Å². The SMILES string of the molecule is COC(=O)CNC(=O)c1ccc(Oc2nc3ccccc3nc2NC(C)(C)C)cc1. The second-order valence-electron chi connectivity index (χ2n) is 7.63. The van der Waals surface area contributed by atoms with Crippen molar-refractivity contribution in [1.29, 1.82) is 0 Å². The highest BCUT2D eigenvalue weighted by atomic mass is 16.5. The highest BCUT2D eigenvalue weighted by Crippen LogP contribution is 2.30. The average Bonchev–Trinajstić information content (AvgIpc) is 2.71. The molecule has 0 saturated heterocycles. The van der Waals surface area contributed by atoms with E-state index < -0.39 is 5.97 Å². The molecule has 1 amide bonds. The number of esters is 1. The van der Waals surface area contributed by atoms with Gasteiger partial charge in [0.25, 0.3) is 11.8 Å². The molecule has 30 heavy (non-hydrogen) atoms. The number of nitrogens with one attached hydrogen (secondary N) is 2. The zero-order chi connectivity index (χ0) is 21.7. The fourth-order valence-corrected chi connectivity index (χ4v) is 2.60. The van der Waals surface area contributed by atoms with Crippen LogP contribution in [0, 0.1) is 0 Å². The maximum Gasteiger partial charge on any atom is 0.325 e. The van der Waals surface area contributed by atoms with Gasteiger partial charge in [-0.05, 0) is 57.2 Å². The number of ether oxygens (including phenoxy) is 2. The Hall–Kier alpha value is -3.68. The molecule has 3 rings (SSSR count). The van der Waals surface area contributed by atoms with Crippen molar-refractivity contribution < 1.29 is 19.1 Å². The first-order valence-corrected chi connectivity index (χ1v) is 9.43. The molecule has 3 aromatic rings. The molecule has 0 aliphatic rings. The van der Waals surface area contributed by atoms with E-state index in [2.05, 4.69) is 25.3 Å². The third-order valence-electron chi connectivity index (χ3n) is 3.98. The first-order valence-electron chi connectivity index (χ1n) is 9.43. The lowest BCUT2D eigenvalue weighted by Crippen LogP contribution is -2.30. The summed E-state index contributed by atoms with van der Waals surface area (Å²) in [6.07, 6.45) is 0. The molecule has 0 unspecified atom stereocenters. The van der Waals surface area contributed by atoms with Crippen LogP contribution in [0.25, 0.3) is 11.0 Å². The molecule has 0 fully saturated rings. The van der Waals surface area contributed by atoms with Gasteiger partial charge in [0, 0.05) is 11.1 Å². The highest BCUT2D eigenvalue weighted by molar-refractivity contribution is 5.96. The second-order valence-corrected chi connectivity index (χ2v) is 7.63. The van der Waals surface area contributed by atoms with Gasteiger partial charge in [0.05, 0.1) is 18.1 Å². The van der Waals surface area contributed by atoms with Crippen LogP contribution in [0.5, 0.6) is 11.6 Å². The first kappa shape index (κ1) is 21.0. The Kier molecular flexibility index (Phi) is 6.15. The summed E-state index contributed by atoms with van der Waals surface area (Å²) in [6.45, 7) is 5.88. The maximum absolute atomic E-state index is 12.1. The van der Waals surface area contributed by atoms with Crippen LogP contribution in [0.1, 0.15) is 31.1 Å². The third kappa shape index (κ3) is 5.44. The number of fused-ring (bicyclic) bond motifs is 1. The molecule has 0 bridgehead atoms. The van der Waals surface area contributed by atoms with Gasteiger partial charge in [0.1, 0.15) is 12.3 Å². The molecule has 0 saturated carbocycles. The fourth-order valence-electron chi connectivity index (χ4n) is 2.60. The number of carbonyl (C=O) groups excluding carboxylic acids is 2.